The van der Waals surface area contributed by atoms with E-state index < -0.39 is 0 Å². The number of nitrogens with one attached hydrogen (secondary N) is 1. The summed E-state index contributed by atoms with van der Waals surface area (Å²) in [4.78, 5) is 2.65. The molecule has 1 N–H and O–H groups in total. The van der Waals surface area contributed by atoms with Gasteiger partial charge in [-0.2, -0.15) is 0 Å². The van der Waals surface area contributed by atoms with Gasteiger partial charge in [0.05, 0.1) is 0 Å². The van der Waals surface area contributed by atoms with Crippen LogP contribution < -0.4 is 5.32 Å². The molecule has 1 heterocycles. The van der Waals surface area contributed by atoms with E-state index in [0.29, 0.717) is 0 Å². The van der Waals surface area contributed by atoms with Crippen molar-refractivity contribution in [1.82, 2.24) is 10.2 Å². The van der Waals surface area contributed by atoms with Crippen LogP contribution >= 0.6 is 0 Å². The Morgan fingerprint density at radius 3 is 2.67 bits per heavy atom. The Kier molecular flexibility index (Phi) is 5.62. The van der Waals surface area contributed by atoms with E-state index in [2.05, 4.69) is 37.9 Å². The lowest BCUT2D eigenvalue weighted by molar-refractivity contribution is 0.223. The predicted octanol–water partition coefficient (Wildman–Crippen LogP) is 2.49. The summed E-state index contributed by atoms with van der Waals surface area (Å²) in [7, 11) is 0. The van der Waals surface area contributed by atoms with Gasteiger partial charge < -0.3 is 5.32 Å². The molecule has 2 atom stereocenters. The molecule has 1 aliphatic rings. The molecular formula is C13H28N2. The highest BCUT2D eigenvalue weighted by molar-refractivity contribution is 4.84. The molecule has 2 heteroatoms. The molecule has 0 aromatic carbocycles. The summed E-state index contributed by atoms with van der Waals surface area (Å²) in [6.07, 6.45) is 3.92. The predicted molar refractivity (Wildman–Crippen MR) is 67.2 cm³/mol. The molecule has 0 bridgehead atoms. The maximum atomic E-state index is 3.63. The van der Waals surface area contributed by atoms with Crippen LogP contribution in [-0.4, -0.2) is 36.6 Å². The molecule has 15 heavy (non-hydrogen) atoms. The summed E-state index contributed by atoms with van der Waals surface area (Å²) in [6.45, 7) is 13.0. The Bertz CT molecular complexity index is 168. The summed E-state index contributed by atoms with van der Waals surface area (Å²) in [6, 6.07) is 1.51. The minimum Gasteiger partial charge on any atom is -0.313 e. The van der Waals surface area contributed by atoms with Crippen LogP contribution in [0.1, 0.15) is 47.0 Å². The molecule has 0 spiro atoms. The number of rotatable bonds is 6. The Hall–Kier alpha value is -0.0800. The lowest BCUT2D eigenvalue weighted by Gasteiger charge is -2.25. The summed E-state index contributed by atoms with van der Waals surface area (Å²) in [5, 5.41) is 3.63. The van der Waals surface area contributed by atoms with Crippen LogP contribution in [0.4, 0.5) is 0 Å². The minimum atomic E-state index is 0.750. The van der Waals surface area contributed by atoms with Gasteiger partial charge in [-0.1, -0.05) is 20.8 Å². The lowest BCUT2D eigenvalue weighted by atomic mass is 10.0. The van der Waals surface area contributed by atoms with Crippen LogP contribution in [0.2, 0.25) is 0 Å². The number of likely N-dealkylation sites (tertiary alicyclic amines) is 1. The van der Waals surface area contributed by atoms with Crippen LogP contribution in [0, 0.1) is 5.92 Å². The van der Waals surface area contributed by atoms with Gasteiger partial charge in [0.1, 0.15) is 0 Å². The first-order valence-corrected chi connectivity index (χ1v) is 6.61. The number of nitrogens with zero attached hydrogens (tertiary/aromatic N) is 1. The quantitative estimate of drug-likeness (QED) is 0.728. The normalized spacial score (nSPS) is 25.0. The third-order valence-corrected chi connectivity index (χ3v) is 3.34. The third kappa shape index (κ3) is 4.52. The van der Waals surface area contributed by atoms with Crippen LogP contribution in [0.25, 0.3) is 0 Å². The van der Waals surface area contributed by atoms with Crippen LogP contribution in [-0.2, 0) is 0 Å². The first-order chi connectivity index (χ1) is 7.13. The molecule has 2 unspecified atom stereocenters. The molecule has 0 aliphatic carbocycles. The van der Waals surface area contributed by atoms with Crippen LogP contribution in [0.5, 0.6) is 0 Å². The molecule has 0 aromatic rings. The van der Waals surface area contributed by atoms with Gasteiger partial charge in [0.15, 0.2) is 0 Å². The van der Waals surface area contributed by atoms with Crippen molar-refractivity contribution in [2.75, 3.05) is 19.6 Å². The SMILES string of the molecule is CCCNC1CCN(C(C)CC(C)C)C1. The van der Waals surface area contributed by atoms with Crippen molar-refractivity contribution in [3.8, 4) is 0 Å². The van der Waals surface area contributed by atoms with Gasteiger partial charge in [0, 0.05) is 25.2 Å². The van der Waals surface area contributed by atoms with E-state index >= 15 is 0 Å². The van der Waals surface area contributed by atoms with Crippen molar-refractivity contribution in [1.29, 1.82) is 0 Å². The molecule has 90 valence electrons. The second-order valence-corrected chi connectivity index (χ2v) is 5.41. The average molecular weight is 212 g/mol. The standard InChI is InChI=1S/C13H28N2/c1-5-7-14-13-6-8-15(10-13)12(4)9-11(2)3/h11-14H,5-10H2,1-4H3. The van der Waals surface area contributed by atoms with E-state index in [-0.39, 0.29) is 0 Å². The molecule has 1 saturated heterocycles. The summed E-state index contributed by atoms with van der Waals surface area (Å²) in [5.74, 6) is 0.822. The Morgan fingerprint density at radius 1 is 1.33 bits per heavy atom. The summed E-state index contributed by atoms with van der Waals surface area (Å²) >= 11 is 0. The van der Waals surface area contributed by atoms with Gasteiger partial charge in [0.2, 0.25) is 0 Å². The lowest BCUT2D eigenvalue weighted by Crippen LogP contribution is -2.37. The fourth-order valence-corrected chi connectivity index (χ4v) is 2.53. The third-order valence-electron chi connectivity index (χ3n) is 3.34. The van der Waals surface area contributed by atoms with Crippen molar-refractivity contribution in [3.05, 3.63) is 0 Å². The van der Waals surface area contributed by atoms with Crippen molar-refractivity contribution < 1.29 is 0 Å². The fraction of sp³-hybridized carbons (Fsp3) is 1.00. The van der Waals surface area contributed by atoms with Gasteiger partial charge in [-0.15, -0.1) is 0 Å². The van der Waals surface area contributed by atoms with Gasteiger partial charge >= 0.3 is 0 Å². The van der Waals surface area contributed by atoms with Crippen molar-refractivity contribution in [3.63, 3.8) is 0 Å². The maximum Gasteiger partial charge on any atom is 0.0207 e. The van der Waals surface area contributed by atoms with Gasteiger partial charge in [-0.25, -0.2) is 0 Å². The monoisotopic (exact) mass is 212 g/mol. The first kappa shape index (κ1) is 13.0. The zero-order valence-corrected chi connectivity index (χ0v) is 10.9. The van der Waals surface area contributed by atoms with E-state index in [1.165, 1.54) is 38.9 Å². The average Bonchev–Trinajstić information content (AvgIpc) is 2.62. The second-order valence-electron chi connectivity index (χ2n) is 5.41. The molecule has 0 amide bonds. The largest absolute Gasteiger partial charge is 0.313 e. The van der Waals surface area contributed by atoms with E-state index in [9.17, 15) is 0 Å². The van der Waals surface area contributed by atoms with Gasteiger partial charge in [-0.05, 0) is 38.6 Å². The van der Waals surface area contributed by atoms with E-state index in [1.54, 1.807) is 0 Å². The molecule has 1 aliphatic heterocycles. The second kappa shape index (κ2) is 6.49. The topological polar surface area (TPSA) is 15.3 Å². The zero-order valence-electron chi connectivity index (χ0n) is 10.9. The van der Waals surface area contributed by atoms with Crippen LogP contribution in [0.15, 0.2) is 0 Å². The smallest absolute Gasteiger partial charge is 0.0207 e. The molecule has 1 fully saturated rings. The van der Waals surface area contributed by atoms with E-state index in [0.717, 1.165) is 18.0 Å². The fourth-order valence-electron chi connectivity index (χ4n) is 2.53. The first-order valence-electron chi connectivity index (χ1n) is 6.61. The highest BCUT2D eigenvalue weighted by Crippen LogP contribution is 2.17. The Labute approximate surface area is 95.4 Å². The summed E-state index contributed by atoms with van der Waals surface area (Å²) < 4.78 is 0. The minimum absolute atomic E-state index is 0.750. The van der Waals surface area contributed by atoms with Crippen molar-refractivity contribution in [2.45, 2.75) is 59.0 Å². The van der Waals surface area contributed by atoms with Gasteiger partial charge in [0.25, 0.3) is 0 Å². The van der Waals surface area contributed by atoms with E-state index in [1.807, 2.05) is 0 Å². The maximum absolute atomic E-state index is 3.63. The molecular weight excluding hydrogens is 184 g/mol. The van der Waals surface area contributed by atoms with Crippen LogP contribution in [0.3, 0.4) is 0 Å². The Balaban J connectivity index is 2.22. The Morgan fingerprint density at radius 2 is 2.07 bits per heavy atom. The highest BCUT2D eigenvalue weighted by Gasteiger charge is 2.25. The van der Waals surface area contributed by atoms with Gasteiger partial charge in [-0.3, -0.25) is 4.90 Å². The number of hydrogen-bond acceptors (Lipinski definition) is 2. The molecule has 0 saturated carbocycles. The van der Waals surface area contributed by atoms with E-state index in [4.69, 9.17) is 0 Å². The van der Waals surface area contributed by atoms with Crippen molar-refractivity contribution >= 4 is 0 Å². The molecule has 0 aromatic heterocycles. The molecule has 0 radical (unpaired) electrons. The van der Waals surface area contributed by atoms with Crippen molar-refractivity contribution in [2.24, 2.45) is 5.92 Å². The number of hydrogen-bond donors (Lipinski definition) is 1. The highest BCUT2D eigenvalue weighted by atomic mass is 15.2. The molecule has 2 nitrogen and oxygen atoms in total. The zero-order chi connectivity index (χ0) is 11.3. The molecule has 1 rings (SSSR count). The summed E-state index contributed by atoms with van der Waals surface area (Å²) in [5.41, 5.74) is 0.